The van der Waals surface area contributed by atoms with E-state index in [1.54, 1.807) is 0 Å². The molecule has 3 heterocycles. The molecule has 0 N–H and O–H groups in total. The molecule has 0 aromatic carbocycles. The van der Waals surface area contributed by atoms with Gasteiger partial charge in [0.05, 0.1) is 31.7 Å². The molecule has 1 saturated carbocycles. The second-order valence-electron chi connectivity index (χ2n) is 6.50. The normalized spacial score (nSPS) is 23.4. The fourth-order valence-corrected chi connectivity index (χ4v) is 3.36. The average Bonchev–Trinajstić information content (AvgIpc) is 3.06. The van der Waals surface area contributed by atoms with Gasteiger partial charge >= 0.3 is 5.97 Å². The third kappa shape index (κ3) is 2.63. The Labute approximate surface area is 142 Å². The summed E-state index contributed by atoms with van der Waals surface area (Å²) in [5.74, 6) is -3.36. The lowest BCUT2D eigenvalue weighted by Crippen LogP contribution is -2.28. The summed E-state index contributed by atoms with van der Waals surface area (Å²) in [6, 6.07) is 3.74. The first-order valence-corrected chi connectivity index (χ1v) is 7.98. The summed E-state index contributed by atoms with van der Waals surface area (Å²) in [6.45, 7) is 2.98. The van der Waals surface area contributed by atoms with Crippen molar-refractivity contribution in [2.24, 2.45) is 11.8 Å². The number of carbonyl (C=O) groups is 1. The monoisotopic (exact) mass is 349 g/mol. The molecule has 0 radical (unpaired) electrons. The van der Waals surface area contributed by atoms with E-state index in [0.717, 1.165) is 17.1 Å². The Hall–Kier alpha value is -2.58. The van der Waals surface area contributed by atoms with Crippen LogP contribution in [0.2, 0.25) is 0 Å². The highest BCUT2D eigenvalue weighted by Gasteiger charge is 2.71. The van der Waals surface area contributed by atoms with Gasteiger partial charge in [-0.25, -0.2) is 23.2 Å². The van der Waals surface area contributed by atoms with Crippen LogP contribution in [0.15, 0.2) is 18.3 Å². The number of hydrogen-bond donors (Lipinski definition) is 0. The van der Waals surface area contributed by atoms with E-state index in [1.165, 1.54) is 18.0 Å². The molecule has 2 fully saturated rings. The third-order valence-corrected chi connectivity index (χ3v) is 4.97. The highest BCUT2D eigenvalue weighted by molar-refractivity contribution is 5.86. The number of aryl methyl sites for hydroxylation is 1. The Kier molecular flexibility index (Phi) is 3.48. The van der Waals surface area contributed by atoms with Crippen LogP contribution in [0.3, 0.4) is 0 Å². The predicted molar refractivity (Wildman–Crippen MR) is 83.6 cm³/mol. The van der Waals surface area contributed by atoms with Crippen molar-refractivity contribution in [1.29, 1.82) is 0 Å². The van der Waals surface area contributed by atoms with Crippen molar-refractivity contribution < 1.29 is 18.3 Å². The topological polar surface area (TPSA) is 73.1 Å². The molecule has 2 unspecified atom stereocenters. The number of hydrogen-bond acceptors (Lipinski definition) is 6. The Morgan fingerprint density at radius 1 is 1.36 bits per heavy atom. The molecule has 0 spiro atoms. The Bertz CT molecular complexity index is 824. The molecule has 25 heavy (non-hydrogen) atoms. The highest BCUT2D eigenvalue weighted by Crippen LogP contribution is 2.59. The number of carbonyl (C=O) groups excluding carboxylic acids is 1. The second-order valence-corrected chi connectivity index (χ2v) is 6.50. The van der Waals surface area contributed by atoms with Gasteiger partial charge in [-0.1, -0.05) is 11.3 Å². The van der Waals surface area contributed by atoms with Crippen LogP contribution in [0.5, 0.6) is 0 Å². The second kappa shape index (κ2) is 5.47. The number of methoxy groups -OCH3 is 1. The maximum atomic E-state index is 13.3. The fourth-order valence-electron chi connectivity index (χ4n) is 3.36. The van der Waals surface area contributed by atoms with E-state index >= 15 is 0 Å². The Morgan fingerprint density at radius 3 is 2.72 bits per heavy atom. The zero-order chi connectivity index (χ0) is 17.8. The number of pyridine rings is 1. The number of rotatable bonds is 4. The quantitative estimate of drug-likeness (QED) is 0.779. The number of esters is 1. The minimum atomic E-state index is -2.49. The van der Waals surface area contributed by atoms with Crippen LogP contribution in [0, 0.1) is 18.8 Å². The zero-order valence-electron chi connectivity index (χ0n) is 13.8. The van der Waals surface area contributed by atoms with Crippen LogP contribution in [-0.2, 0) is 11.3 Å². The molecule has 2 aromatic rings. The number of piperidine rings is 1. The summed E-state index contributed by atoms with van der Waals surface area (Å²) in [4.78, 5) is 17.9. The van der Waals surface area contributed by atoms with Crippen LogP contribution in [0.4, 0.5) is 14.6 Å². The predicted octanol–water partition coefficient (Wildman–Crippen LogP) is 1.52. The summed E-state index contributed by atoms with van der Waals surface area (Å²) in [7, 11) is 1.28. The van der Waals surface area contributed by atoms with Gasteiger partial charge in [-0.3, -0.25) is 0 Å². The van der Waals surface area contributed by atoms with Crippen molar-refractivity contribution in [3.05, 3.63) is 35.3 Å². The molecular formula is C16H17F2N5O2. The summed E-state index contributed by atoms with van der Waals surface area (Å²) in [5, 5.41) is 7.66. The van der Waals surface area contributed by atoms with Gasteiger partial charge in [-0.15, -0.1) is 5.10 Å². The van der Waals surface area contributed by atoms with Crippen molar-refractivity contribution in [1.82, 2.24) is 20.0 Å². The maximum Gasteiger partial charge on any atom is 0.360 e. The van der Waals surface area contributed by atoms with E-state index in [0.29, 0.717) is 19.6 Å². The first-order valence-electron chi connectivity index (χ1n) is 7.98. The van der Waals surface area contributed by atoms with E-state index in [2.05, 4.69) is 20.0 Å². The molecule has 1 aliphatic heterocycles. The molecule has 1 aliphatic carbocycles. The van der Waals surface area contributed by atoms with Crippen molar-refractivity contribution in [3.8, 4) is 0 Å². The largest absolute Gasteiger partial charge is 0.464 e. The molecule has 4 rings (SSSR count). The van der Waals surface area contributed by atoms with Crippen molar-refractivity contribution in [3.63, 3.8) is 0 Å². The van der Waals surface area contributed by atoms with Crippen LogP contribution in [0.1, 0.15) is 21.7 Å². The van der Waals surface area contributed by atoms with Gasteiger partial charge in [0.25, 0.3) is 5.92 Å². The molecule has 132 valence electrons. The molecule has 2 aromatic heterocycles. The first kappa shape index (κ1) is 15.9. The van der Waals surface area contributed by atoms with Gasteiger partial charge in [0, 0.05) is 18.8 Å². The maximum absolute atomic E-state index is 13.3. The highest BCUT2D eigenvalue weighted by atomic mass is 19.3. The summed E-state index contributed by atoms with van der Waals surface area (Å²) >= 11 is 0. The van der Waals surface area contributed by atoms with Crippen molar-refractivity contribution in [2.75, 3.05) is 25.1 Å². The third-order valence-electron chi connectivity index (χ3n) is 4.97. The fraction of sp³-hybridized carbons (Fsp3) is 0.500. The van der Waals surface area contributed by atoms with Crippen molar-refractivity contribution in [2.45, 2.75) is 19.4 Å². The van der Waals surface area contributed by atoms with Gasteiger partial charge in [0.15, 0.2) is 5.69 Å². The van der Waals surface area contributed by atoms with Crippen LogP contribution in [-0.4, -0.2) is 52.1 Å². The van der Waals surface area contributed by atoms with E-state index < -0.39 is 23.7 Å². The Balaban J connectivity index is 1.46. The standard InChI is InChI=1S/C16H17F2N5O2/c1-9-10(5-23-8-13(20-21-23)15(24)25-2)3-4-14(19-9)22-6-11-12(7-22)16(11,17)18/h3-4,8,11-12H,5-7H2,1-2H3. The van der Waals surface area contributed by atoms with Crippen LogP contribution < -0.4 is 4.90 Å². The number of nitrogens with zero attached hydrogens (tertiary/aromatic N) is 5. The van der Waals surface area contributed by atoms with Gasteiger partial charge in [-0.2, -0.15) is 0 Å². The van der Waals surface area contributed by atoms with Crippen LogP contribution >= 0.6 is 0 Å². The lowest BCUT2D eigenvalue weighted by molar-refractivity contribution is 0.0593. The smallest absolute Gasteiger partial charge is 0.360 e. The van der Waals surface area contributed by atoms with Gasteiger partial charge in [0.2, 0.25) is 0 Å². The van der Waals surface area contributed by atoms with Gasteiger partial charge < -0.3 is 9.64 Å². The van der Waals surface area contributed by atoms with E-state index in [9.17, 15) is 13.6 Å². The molecular weight excluding hydrogens is 332 g/mol. The van der Waals surface area contributed by atoms with Gasteiger partial charge in [-0.05, 0) is 18.6 Å². The van der Waals surface area contributed by atoms with Gasteiger partial charge in [0.1, 0.15) is 5.82 Å². The summed E-state index contributed by atoms with van der Waals surface area (Å²) in [6.07, 6.45) is 1.51. The molecule has 0 bridgehead atoms. The number of ether oxygens (including phenoxy) is 1. The Morgan fingerprint density at radius 2 is 2.08 bits per heavy atom. The van der Waals surface area contributed by atoms with E-state index in [1.807, 2.05) is 24.0 Å². The minimum absolute atomic E-state index is 0.141. The number of halogens is 2. The molecule has 2 aliphatic rings. The molecule has 2 atom stereocenters. The number of fused-ring (bicyclic) bond motifs is 1. The number of aromatic nitrogens is 4. The summed E-state index contributed by atoms with van der Waals surface area (Å²) < 4.78 is 32.7. The van der Waals surface area contributed by atoms with Crippen molar-refractivity contribution >= 4 is 11.8 Å². The molecule has 0 amide bonds. The molecule has 1 saturated heterocycles. The summed E-state index contributed by atoms with van der Waals surface area (Å²) in [5.41, 5.74) is 1.85. The van der Waals surface area contributed by atoms with E-state index in [4.69, 9.17) is 0 Å². The molecule has 7 nitrogen and oxygen atoms in total. The average molecular weight is 349 g/mol. The van der Waals surface area contributed by atoms with Crippen LogP contribution in [0.25, 0.3) is 0 Å². The first-order chi connectivity index (χ1) is 11.9. The molecule has 9 heteroatoms. The lowest BCUT2D eigenvalue weighted by Gasteiger charge is -2.21. The SMILES string of the molecule is COC(=O)c1cn(Cc2ccc(N3CC4C(C3)C4(F)F)nc2C)nn1. The number of anilines is 1. The number of alkyl halides is 2. The lowest BCUT2D eigenvalue weighted by atomic mass is 10.2. The zero-order valence-corrected chi connectivity index (χ0v) is 13.8. The minimum Gasteiger partial charge on any atom is -0.464 e. The van der Waals surface area contributed by atoms with E-state index in [-0.39, 0.29) is 5.69 Å².